The molecule has 0 aromatic heterocycles. The third-order valence-corrected chi connectivity index (χ3v) is 3.11. The van der Waals surface area contributed by atoms with Crippen molar-refractivity contribution in [3.05, 3.63) is 31.6 Å². The number of nitro benzene ring substituents is 1. The number of hydrogen-bond donors (Lipinski definition) is 1. The molecule has 0 aliphatic carbocycles. The van der Waals surface area contributed by atoms with Gasteiger partial charge in [-0.05, 0) is 22.6 Å². The third kappa shape index (κ3) is 3.52. The van der Waals surface area contributed by atoms with Gasteiger partial charge in [0, 0.05) is 25.7 Å². The summed E-state index contributed by atoms with van der Waals surface area (Å²) < 4.78 is 13.6. The summed E-state index contributed by atoms with van der Waals surface area (Å²) in [5.74, 6) is -1.59. The van der Waals surface area contributed by atoms with Gasteiger partial charge in [0.15, 0.2) is 0 Å². The van der Waals surface area contributed by atoms with Crippen molar-refractivity contribution in [3.63, 3.8) is 0 Å². The topological polar surface area (TPSA) is 83.7 Å². The summed E-state index contributed by atoms with van der Waals surface area (Å²) in [5.41, 5.74) is -0.173. The van der Waals surface area contributed by atoms with Crippen molar-refractivity contribution < 1.29 is 19.2 Å². The normalized spacial score (nSPS) is 10.2. The van der Waals surface area contributed by atoms with Crippen LogP contribution >= 0.6 is 22.6 Å². The van der Waals surface area contributed by atoms with E-state index >= 15 is 0 Å². The highest BCUT2D eigenvalue weighted by Crippen LogP contribution is 2.31. The molecule has 0 radical (unpaired) electrons. The van der Waals surface area contributed by atoms with Gasteiger partial charge in [-0.25, -0.2) is 4.39 Å². The van der Waals surface area contributed by atoms with Crippen LogP contribution in [-0.2, 0) is 4.79 Å². The Morgan fingerprint density at radius 3 is 2.72 bits per heavy atom. The maximum Gasteiger partial charge on any atom is 0.305 e. The molecule has 0 saturated carbocycles. The van der Waals surface area contributed by atoms with Crippen LogP contribution in [0.25, 0.3) is 0 Å². The van der Waals surface area contributed by atoms with E-state index in [4.69, 9.17) is 5.11 Å². The van der Waals surface area contributed by atoms with E-state index in [1.54, 1.807) is 22.6 Å². The third-order valence-electron chi connectivity index (χ3n) is 2.29. The van der Waals surface area contributed by atoms with Crippen LogP contribution in [0, 0.1) is 19.5 Å². The smallest absolute Gasteiger partial charge is 0.305 e. The van der Waals surface area contributed by atoms with E-state index in [0.717, 1.165) is 12.1 Å². The summed E-state index contributed by atoms with van der Waals surface area (Å²) in [6.07, 6.45) is -0.179. The number of carbonyl (C=O) groups is 1. The van der Waals surface area contributed by atoms with E-state index in [-0.39, 0.29) is 27.9 Å². The number of nitro groups is 1. The molecule has 0 bridgehead atoms. The van der Waals surface area contributed by atoms with Crippen LogP contribution in [-0.4, -0.2) is 29.6 Å². The standard InChI is InChI=1S/C10H10FIN2O4/c1-13(3-2-10(15)16)8-4-6(11)7(12)5-9(8)14(17)18/h4-5H,2-3H2,1H3,(H,15,16). The molecule has 1 N–H and O–H groups in total. The quantitative estimate of drug-likeness (QED) is 0.490. The summed E-state index contributed by atoms with van der Waals surface area (Å²) in [6.45, 7) is 0.0657. The van der Waals surface area contributed by atoms with Gasteiger partial charge in [-0.15, -0.1) is 0 Å². The molecule has 0 unspecified atom stereocenters. The number of nitrogens with zero attached hydrogens (tertiary/aromatic N) is 2. The van der Waals surface area contributed by atoms with Crippen molar-refractivity contribution in [2.75, 3.05) is 18.5 Å². The lowest BCUT2D eigenvalue weighted by Gasteiger charge is -2.18. The van der Waals surface area contributed by atoms with Crippen LogP contribution in [0.3, 0.4) is 0 Å². The highest BCUT2D eigenvalue weighted by molar-refractivity contribution is 14.1. The van der Waals surface area contributed by atoms with Crippen LogP contribution in [0.5, 0.6) is 0 Å². The van der Waals surface area contributed by atoms with Gasteiger partial charge in [-0.1, -0.05) is 0 Å². The molecule has 1 aromatic carbocycles. The zero-order valence-corrected chi connectivity index (χ0v) is 11.5. The number of rotatable bonds is 5. The number of halogens is 2. The Bertz CT molecular complexity index is 495. The van der Waals surface area contributed by atoms with Crippen molar-refractivity contribution in [1.29, 1.82) is 0 Å². The molecule has 0 aliphatic rings. The summed E-state index contributed by atoms with van der Waals surface area (Å²) in [6, 6.07) is 2.17. The van der Waals surface area contributed by atoms with E-state index in [0.29, 0.717) is 0 Å². The molecule has 98 valence electrons. The molecule has 1 rings (SSSR count). The largest absolute Gasteiger partial charge is 0.481 e. The first-order valence-corrected chi connectivity index (χ1v) is 5.97. The predicted molar refractivity (Wildman–Crippen MR) is 71.3 cm³/mol. The summed E-state index contributed by atoms with van der Waals surface area (Å²) in [5, 5.41) is 19.4. The van der Waals surface area contributed by atoms with Gasteiger partial charge in [0.05, 0.1) is 14.9 Å². The van der Waals surface area contributed by atoms with Crippen molar-refractivity contribution >= 4 is 39.9 Å². The Hall–Kier alpha value is -1.45. The summed E-state index contributed by atoms with van der Waals surface area (Å²) in [4.78, 5) is 22.0. The minimum atomic E-state index is -1.02. The Balaban J connectivity index is 3.09. The maximum atomic E-state index is 13.4. The molecule has 1 aromatic rings. The molecule has 0 aliphatic heterocycles. The second-order valence-electron chi connectivity index (χ2n) is 3.58. The number of hydrogen-bond acceptors (Lipinski definition) is 4. The molecule has 0 heterocycles. The molecule has 6 nitrogen and oxygen atoms in total. The van der Waals surface area contributed by atoms with Gasteiger partial charge in [-0.3, -0.25) is 14.9 Å². The molecule has 0 saturated heterocycles. The fourth-order valence-electron chi connectivity index (χ4n) is 1.36. The van der Waals surface area contributed by atoms with Crippen molar-refractivity contribution in [2.24, 2.45) is 0 Å². The summed E-state index contributed by atoms with van der Waals surface area (Å²) in [7, 11) is 1.48. The number of benzene rings is 1. The van der Waals surface area contributed by atoms with E-state index in [2.05, 4.69) is 0 Å². The Morgan fingerprint density at radius 2 is 2.22 bits per heavy atom. The molecular formula is C10H10FIN2O4. The van der Waals surface area contributed by atoms with Gasteiger partial charge in [0.2, 0.25) is 0 Å². The van der Waals surface area contributed by atoms with Gasteiger partial charge >= 0.3 is 5.97 Å². The fraction of sp³-hybridized carbons (Fsp3) is 0.300. The Morgan fingerprint density at radius 1 is 1.61 bits per heavy atom. The van der Waals surface area contributed by atoms with Gasteiger partial charge in [0.25, 0.3) is 5.69 Å². The van der Waals surface area contributed by atoms with Crippen molar-refractivity contribution in [1.82, 2.24) is 0 Å². The minimum absolute atomic E-state index is 0.0657. The molecule has 0 spiro atoms. The van der Waals surface area contributed by atoms with E-state index in [1.165, 1.54) is 11.9 Å². The lowest BCUT2D eigenvalue weighted by molar-refractivity contribution is -0.384. The Kier molecular flexibility index (Phi) is 4.82. The zero-order valence-electron chi connectivity index (χ0n) is 9.39. The first kappa shape index (κ1) is 14.6. The lowest BCUT2D eigenvalue weighted by Crippen LogP contribution is -2.22. The van der Waals surface area contributed by atoms with Crippen LogP contribution in [0.1, 0.15) is 6.42 Å². The van der Waals surface area contributed by atoms with Crippen LogP contribution < -0.4 is 4.90 Å². The van der Waals surface area contributed by atoms with Crippen molar-refractivity contribution in [3.8, 4) is 0 Å². The zero-order chi connectivity index (χ0) is 13.9. The van der Waals surface area contributed by atoms with E-state index in [9.17, 15) is 19.3 Å². The predicted octanol–water partition coefficient (Wildman–Crippen LogP) is 2.25. The highest BCUT2D eigenvalue weighted by atomic mass is 127. The molecule has 18 heavy (non-hydrogen) atoms. The SMILES string of the molecule is CN(CCC(=O)O)c1cc(F)c(I)cc1[N+](=O)[O-]. The minimum Gasteiger partial charge on any atom is -0.481 e. The first-order chi connectivity index (χ1) is 8.32. The maximum absolute atomic E-state index is 13.4. The Labute approximate surface area is 116 Å². The van der Waals surface area contributed by atoms with Crippen LogP contribution in [0.4, 0.5) is 15.8 Å². The number of carboxylic acids is 1. The van der Waals surface area contributed by atoms with E-state index < -0.39 is 16.7 Å². The molecule has 0 fully saturated rings. The molecule has 0 amide bonds. The number of carboxylic acid groups (broad SMARTS) is 1. The number of aliphatic carboxylic acids is 1. The average molecular weight is 368 g/mol. The van der Waals surface area contributed by atoms with Gasteiger partial charge in [0.1, 0.15) is 11.5 Å². The average Bonchev–Trinajstić information content (AvgIpc) is 2.28. The van der Waals surface area contributed by atoms with Gasteiger partial charge in [-0.2, -0.15) is 0 Å². The molecule has 8 heteroatoms. The van der Waals surface area contributed by atoms with Crippen LogP contribution in [0.2, 0.25) is 0 Å². The lowest BCUT2D eigenvalue weighted by atomic mass is 10.2. The molecule has 0 atom stereocenters. The summed E-state index contributed by atoms with van der Waals surface area (Å²) >= 11 is 1.66. The second-order valence-corrected chi connectivity index (χ2v) is 4.74. The van der Waals surface area contributed by atoms with E-state index in [1.807, 2.05) is 0 Å². The first-order valence-electron chi connectivity index (χ1n) is 4.89. The fourth-order valence-corrected chi connectivity index (χ4v) is 1.81. The second kappa shape index (κ2) is 5.94. The highest BCUT2D eigenvalue weighted by Gasteiger charge is 2.20. The monoisotopic (exact) mass is 368 g/mol. The number of anilines is 1. The van der Waals surface area contributed by atoms with Crippen LogP contribution in [0.15, 0.2) is 12.1 Å². The van der Waals surface area contributed by atoms with Gasteiger partial charge < -0.3 is 10.0 Å². The molecular weight excluding hydrogens is 358 g/mol. The van der Waals surface area contributed by atoms with Crippen molar-refractivity contribution in [2.45, 2.75) is 6.42 Å².